The Kier molecular flexibility index (Phi) is 3.46. The van der Waals surface area contributed by atoms with Crippen molar-refractivity contribution in [3.63, 3.8) is 0 Å². The van der Waals surface area contributed by atoms with Gasteiger partial charge in [-0.25, -0.2) is 0 Å². The smallest absolute Gasteiger partial charge is 0.244 e. The van der Waals surface area contributed by atoms with Crippen molar-refractivity contribution in [3.05, 3.63) is 0 Å². The van der Waals surface area contributed by atoms with E-state index < -0.39 is 12.1 Å². The average molecular weight is 200 g/mol. The zero-order valence-corrected chi connectivity index (χ0v) is 8.49. The maximum absolute atomic E-state index is 11.6. The Bertz CT molecular complexity index is 240. The van der Waals surface area contributed by atoms with Crippen LogP contribution in [0, 0.1) is 0 Å². The van der Waals surface area contributed by atoms with E-state index in [9.17, 15) is 9.59 Å². The molecule has 0 aromatic carbocycles. The summed E-state index contributed by atoms with van der Waals surface area (Å²) < 4.78 is 0. The molecular weight excluding hydrogens is 184 g/mol. The number of hydrogen-bond acceptors (Lipinski definition) is 3. The molecule has 2 atom stereocenters. The van der Waals surface area contributed by atoms with Gasteiger partial charge in [-0.3, -0.25) is 9.59 Å². The van der Waals surface area contributed by atoms with E-state index in [0.29, 0.717) is 13.0 Å². The lowest BCUT2D eigenvalue weighted by Crippen LogP contribution is -2.44. The van der Waals surface area contributed by atoms with Gasteiger partial charge in [0.2, 0.25) is 11.8 Å². The highest BCUT2D eigenvalue weighted by Gasteiger charge is 2.26. The molecule has 0 saturated carbocycles. The fraction of sp³-hybridized carbons (Fsp3) is 0.778. The van der Waals surface area contributed by atoms with Crippen molar-refractivity contribution in [2.45, 2.75) is 32.4 Å². The van der Waals surface area contributed by atoms with Crippen LogP contribution >= 0.6 is 0 Å². The van der Waals surface area contributed by atoms with E-state index in [1.165, 1.54) is 4.90 Å². The van der Waals surface area contributed by atoms with Crippen molar-refractivity contribution in [1.82, 2.24) is 10.2 Å². The third-order valence-electron chi connectivity index (χ3n) is 2.15. The summed E-state index contributed by atoms with van der Waals surface area (Å²) in [6.07, 6.45) is -0.248. The average Bonchev–Trinajstić information content (AvgIpc) is 2.18. The van der Waals surface area contributed by atoms with Crippen molar-refractivity contribution < 1.29 is 14.7 Å². The summed E-state index contributed by atoms with van der Waals surface area (Å²) in [5, 5.41) is 11.8. The Labute approximate surface area is 83.1 Å². The van der Waals surface area contributed by atoms with Gasteiger partial charge in [0.05, 0.1) is 6.10 Å². The number of carbonyl (C=O) groups is 2. The zero-order valence-electron chi connectivity index (χ0n) is 8.49. The van der Waals surface area contributed by atoms with Gasteiger partial charge in [0.25, 0.3) is 0 Å². The minimum Gasteiger partial charge on any atom is -0.392 e. The highest BCUT2D eigenvalue weighted by Crippen LogP contribution is 2.04. The number of aliphatic hydroxyl groups is 1. The van der Waals surface area contributed by atoms with Gasteiger partial charge >= 0.3 is 0 Å². The first kappa shape index (κ1) is 11.0. The summed E-state index contributed by atoms with van der Waals surface area (Å²) in [6, 6.07) is -0.483. The molecule has 1 aliphatic rings. The molecule has 2 unspecified atom stereocenters. The third kappa shape index (κ3) is 2.70. The molecule has 0 spiro atoms. The molecule has 2 N–H and O–H groups in total. The SMILES string of the molecule is CC(O)CN1CCC(=O)NC(C)C1=O. The molecule has 2 amide bonds. The van der Waals surface area contributed by atoms with Crippen LogP contribution in [0.15, 0.2) is 0 Å². The number of carbonyl (C=O) groups excluding carboxylic acids is 2. The van der Waals surface area contributed by atoms with Crippen LogP contribution in [0.4, 0.5) is 0 Å². The lowest BCUT2D eigenvalue weighted by Gasteiger charge is -2.23. The number of nitrogens with one attached hydrogen (secondary N) is 1. The van der Waals surface area contributed by atoms with Crippen LogP contribution in [0.5, 0.6) is 0 Å². The van der Waals surface area contributed by atoms with Gasteiger partial charge in [0.1, 0.15) is 6.04 Å². The minimum absolute atomic E-state index is 0.112. The lowest BCUT2D eigenvalue weighted by atomic mass is 10.2. The van der Waals surface area contributed by atoms with E-state index in [1.807, 2.05) is 0 Å². The molecule has 0 bridgehead atoms. The van der Waals surface area contributed by atoms with Gasteiger partial charge in [0.15, 0.2) is 0 Å². The molecule has 80 valence electrons. The van der Waals surface area contributed by atoms with Gasteiger partial charge in [-0.05, 0) is 13.8 Å². The second-order valence-electron chi connectivity index (χ2n) is 3.67. The fourth-order valence-electron chi connectivity index (χ4n) is 1.50. The number of hydrogen-bond donors (Lipinski definition) is 2. The van der Waals surface area contributed by atoms with E-state index in [2.05, 4.69) is 5.32 Å². The van der Waals surface area contributed by atoms with Crippen LogP contribution in [-0.4, -0.2) is 47.1 Å². The number of nitrogens with zero attached hydrogens (tertiary/aromatic N) is 1. The summed E-state index contributed by atoms with van der Waals surface area (Å²) in [6.45, 7) is 3.96. The van der Waals surface area contributed by atoms with E-state index in [4.69, 9.17) is 5.11 Å². The first-order valence-electron chi connectivity index (χ1n) is 4.77. The van der Waals surface area contributed by atoms with Crippen molar-refractivity contribution in [3.8, 4) is 0 Å². The predicted octanol–water partition coefficient (Wildman–Crippen LogP) is -0.896. The van der Waals surface area contributed by atoms with Gasteiger partial charge < -0.3 is 15.3 Å². The molecule has 1 saturated heterocycles. The van der Waals surface area contributed by atoms with E-state index in [0.717, 1.165) is 0 Å². The van der Waals surface area contributed by atoms with Gasteiger partial charge in [-0.15, -0.1) is 0 Å². The van der Waals surface area contributed by atoms with Crippen molar-refractivity contribution in [2.24, 2.45) is 0 Å². The lowest BCUT2D eigenvalue weighted by molar-refractivity contribution is -0.134. The van der Waals surface area contributed by atoms with Crippen LogP contribution < -0.4 is 5.32 Å². The number of aliphatic hydroxyl groups excluding tert-OH is 1. The fourth-order valence-corrected chi connectivity index (χ4v) is 1.50. The predicted molar refractivity (Wildman–Crippen MR) is 50.5 cm³/mol. The van der Waals surface area contributed by atoms with Crippen molar-refractivity contribution in [2.75, 3.05) is 13.1 Å². The summed E-state index contributed by atoms with van der Waals surface area (Å²) in [7, 11) is 0. The van der Waals surface area contributed by atoms with E-state index in [-0.39, 0.29) is 18.4 Å². The van der Waals surface area contributed by atoms with Gasteiger partial charge in [0, 0.05) is 19.5 Å². The van der Waals surface area contributed by atoms with Crippen molar-refractivity contribution in [1.29, 1.82) is 0 Å². The Morgan fingerprint density at radius 3 is 2.86 bits per heavy atom. The van der Waals surface area contributed by atoms with E-state index in [1.54, 1.807) is 13.8 Å². The molecule has 5 heteroatoms. The molecule has 0 aliphatic carbocycles. The Morgan fingerprint density at radius 1 is 1.64 bits per heavy atom. The molecule has 14 heavy (non-hydrogen) atoms. The second-order valence-corrected chi connectivity index (χ2v) is 3.67. The summed E-state index contributed by atoms with van der Waals surface area (Å²) in [5.41, 5.74) is 0. The molecule has 0 aromatic heterocycles. The summed E-state index contributed by atoms with van der Waals surface area (Å²) in [4.78, 5) is 24.3. The summed E-state index contributed by atoms with van der Waals surface area (Å²) in [5.74, 6) is -0.240. The Balaban J connectivity index is 2.65. The highest BCUT2D eigenvalue weighted by molar-refractivity contribution is 5.89. The Morgan fingerprint density at radius 2 is 2.29 bits per heavy atom. The molecule has 0 aromatic rings. The number of amides is 2. The molecule has 0 radical (unpaired) electrons. The Hall–Kier alpha value is -1.10. The monoisotopic (exact) mass is 200 g/mol. The quantitative estimate of drug-likeness (QED) is 0.607. The van der Waals surface area contributed by atoms with Gasteiger partial charge in [-0.1, -0.05) is 0 Å². The van der Waals surface area contributed by atoms with Crippen molar-refractivity contribution >= 4 is 11.8 Å². The topological polar surface area (TPSA) is 69.6 Å². The standard InChI is InChI=1S/C9H16N2O3/c1-6(12)5-11-4-3-8(13)10-7(2)9(11)14/h6-7,12H,3-5H2,1-2H3,(H,10,13). The third-order valence-corrected chi connectivity index (χ3v) is 2.15. The number of β-amino-alcohol motifs (C(OH)–C–C–N with tert-alkyl or cyclic N) is 1. The van der Waals surface area contributed by atoms with Crippen LogP contribution in [-0.2, 0) is 9.59 Å². The van der Waals surface area contributed by atoms with Crippen LogP contribution in [0.3, 0.4) is 0 Å². The molecule has 1 rings (SSSR count). The number of rotatable bonds is 2. The zero-order chi connectivity index (χ0) is 10.7. The first-order chi connectivity index (χ1) is 6.50. The summed E-state index contributed by atoms with van der Waals surface area (Å²) >= 11 is 0. The van der Waals surface area contributed by atoms with Gasteiger partial charge in [-0.2, -0.15) is 0 Å². The molecule has 1 fully saturated rings. The highest BCUT2D eigenvalue weighted by atomic mass is 16.3. The van der Waals surface area contributed by atoms with Crippen LogP contribution in [0.25, 0.3) is 0 Å². The molecule has 1 heterocycles. The molecular formula is C9H16N2O3. The first-order valence-corrected chi connectivity index (χ1v) is 4.77. The minimum atomic E-state index is -0.556. The van der Waals surface area contributed by atoms with Crippen LogP contribution in [0.1, 0.15) is 20.3 Å². The normalized spacial score (nSPS) is 25.6. The molecule has 5 nitrogen and oxygen atoms in total. The second kappa shape index (κ2) is 4.41. The molecule has 1 aliphatic heterocycles. The van der Waals surface area contributed by atoms with Crippen LogP contribution in [0.2, 0.25) is 0 Å². The largest absolute Gasteiger partial charge is 0.392 e. The van der Waals surface area contributed by atoms with E-state index >= 15 is 0 Å². The maximum Gasteiger partial charge on any atom is 0.244 e. The maximum atomic E-state index is 11.6.